The van der Waals surface area contributed by atoms with Crippen LogP contribution in [0.2, 0.25) is 15.1 Å². The molecule has 9 heteroatoms. The zero-order chi connectivity index (χ0) is 14.2. The Bertz CT molecular complexity index is 567. The van der Waals surface area contributed by atoms with Crippen molar-refractivity contribution in [2.24, 2.45) is 11.7 Å². The smallest absolute Gasteiger partial charge is 0.243 e. The number of nitrogens with one attached hydrogen (secondary N) is 1. The van der Waals surface area contributed by atoms with E-state index in [1.165, 1.54) is 12.1 Å². The van der Waals surface area contributed by atoms with Crippen LogP contribution in [0.3, 0.4) is 0 Å². The fourth-order valence-corrected chi connectivity index (χ4v) is 4.74. The first-order valence-electron chi connectivity index (χ1n) is 5.72. The number of halogens is 4. The molecule has 114 valence electrons. The molecule has 1 aromatic carbocycles. The molecular weight excluding hydrogens is 366 g/mol. The van der Waals surface area contributed by atoms with E-state index in [9.17, 15) is 8.42 Å². The minimum atomic E-state index is -3.81. The lowest BCUT2D eigenvalue weighted by Crippen LogP contribution is -2.41. The van der Waals surface area contributed by atoms with Gasteiger partial charge in [-0.2, -0.15) is 0 Å². The second kappa shape index (κ2) is 7.01. The molecule has 0 amide bonds. The van der Waals surface area contributed by atoms with Crippen molar-refractivity contribution in [1.82, 2.24) is 4.72 Å². The molecule has 0 bridgehead atoms. The quantitative estimate of drug-likeness (QED) is 0.825. The third-order valence-corrected chi connectivity index (χ3v) is 5.61. The average Bonchev–Trinajstić information content (AvgIpc) is 3.07. The van der Waals surface area contributed by atoms with E-state index < -0.39 is 10.0 Å². The van der Waals surface area contributed by atoms with Crippen LogP contribution in [-0.4, -0.2) is 21.0 Å². The molecule has 20 heavy (non-hydrogen) atoms. The minimum absolute atomic E-state index is 0. The van der Waals surface area contributed by atoms with E-state index in [2.05, 4.69) is 4.72 Å². The molecule has 3 N–H and O–H groups in total. The lowest BCUT2D eigenvalue weighted by molar-refractivity contribution is 0.519. The molecule has 0 aromatic heterocycles. The summed E-state index contributed by atoms with van der Waals surface area (Å²) >= 11 is 17.6. The van der Waals surface area contributed by atoms with Crippen molar-refractivity contribution in [3.05, 3.63) is 27.2 Å². The van der Waals surface area contributed by atoms with Gasteiger partial charge in [0.2, 0.25) is 10.0 Å². The first-order valence-corrected chi connectivity index (χ1v) is 8.34. The number of benzene rings is 1. The van der Waals surface area contributed by atoms with Crippen LogP contribution in [0.25, 0.3) is 0 Å². The zero-order valence-corrected chi connectivity index (χ0v) is 14.2. The van der Waals surface area contributed by atoms with Gasteiger partial charge in [-0.1, -0.05) is 34.8 Å². The Kier molecular flexibility index (Phi) is 6.41. The highest BCUT2D eigenvalue weighted by Crippen LogP contribution is 2.35. The lowest BCUT2D eigenvalue weighted by Gasteiger charge is -2.17. The van der Waals surface area contributed by atoms with Crippen LogP contribution in [0.15, 0.2) is 17.0 Å². The molecule has 1 fully saturated rings. The van der Waals surface area contributed by atoms with Gasteiger partial charge in [0.1, 0.15) is 4.90 Å². The Hall–Kier alpha value is 0.250. The first-order chi connectivity index (χ1) is 8.85. The number of hydrogen-bond donors (Lipinski definition) is 2. The van der Waals surface area contributed by atoms with Crippen LogP contribution in [0.5, 0.6) is 0 Å². The van der Waals surface area contributed by atoms with Gasteiger partial charge in [-0.05, 0) is 30.9 Å². The van der Waals surface area contributed by atoms with Crippen molar-refractivity contribution < 1.29 is 8.42 Å². The minimum Gasteiger partial charge on any atom is -0.329 e. The molecule has 1 unspecified atom stereocenters. The molecule has 0 saturated heterocycles. The van der Waals surface area contributed by atoms with Crippen molar-refractivity contribution in [1.29, 1.82) is 0 Å². The highest BCUT2D eigenvalue weighted by molar-refractivity contribution is 7.89. The summed E-state index contributed by atoms with van der Waals surface area (Å²) in [6.45, 7) is 0.243. The first kappa shape index (κ1) is 18.3. The van der Waals surface area contributed by atoms with Crippen LogP contribution in [-0.2, 0) is 10.0 Å². The number of hydrogen-bond acceptors (Lipinski definition) is 3. The predicted molar refractivity (Wildman–Crippen MR) is 84.6 cm³/mol. The summed E-state index contributed by atoms with van der Waals surface area (Å²) < 4.78 is 27.2. The highest BCUT2D eigenvalue weighted by Gasteiger charge is 2.34. The van der Waals surface area contributed by atoms with Crippen molar-refractivity contribution in [3.63, 3.8) is 0 Å². The SMILES string of the molecule is Cl.NCC(NS(=O)(=O)c1c(Cl)cc(Cl)cc1Cl)C1CC1. The topological polar surface area (TPSA) is 72.2 Å². The molecule has 1 atom stereocenters. The zero-order valence-electron chi connectivity index (χ0n) is 10.3. The van der Waals surface area contributed by atoms with E-state index in [1.807, 2.05) is 0 Å². The maximum Gasteiger partial charge on any atom is 0.243 e. The van der Waals surface area contributed by atoms with Gasteiger partial charge < -0.3 is 5.73 Å². The molecule has 1 aromatic rings. The third-order valence-electron chi connectivity index (χ3n) is 2.98. The summed E-state index contributed by atoms with van der Waals surface area (Å²) in [7, 11) is -3.81. The second-order valence-electron chi connectivity index (χ2n) is 4.50. The Morgan fingerprint density at radius 1 is 1.25 bits per heavy atom. The largest absolute Gasteiger partial charge is 0.329 e. The lowest BCUT2D eigenvalue weighted by atomic mass is 10.2. The monoisotopic (exact) mass is 378 g/mol. The summed E-state index contributed by atoms with van der Waals surface area (Å²) in [4.78, 5) is -0.153. The van der Waals surface area contributed by atoms with Gasteiger partial charge in [-0.3, -0.25) is 0 Å². The van der Waals surface area contributed by atoms with E-state index in [4.69, 9.17) is 40.5 Å². The van der Waals surface area contributed by atoms with Crippen molar-refractivity contribution in [2.45, 2.75) is 23.8 Å². The van der Waals surface area contributed by atoms with Gasteiger partial charge in [0.05, 0.1) is 10.0 Å². The summed E-state index contributed by atoms with van der Waals surface area (Å²) in [5, 5.41) is 0.277. The van der Waals surface area contributed by atoms with Crippen LogP contribution >= 0.6 is 47.2 Å². The number of nitrogens with two attached hydrogens (primary N) is 1. The third kappa shape index (κ3) is 4.13. The normalized spacial score (nSPS) is 16.6. The molecule has 1 saturated carbocycles. The van der Waals surface area contributed by atoms with Crippen molar-refractivity contribution in [2.75, 3.05) is 6.54 Å². The average molecular weight is 380 g/mol. The molecule has 0 radical (unpaired) electrons. The fourth-order valence-electron chi connectivity index (χ4n) is 1.88. The summed E-state index contributed by atoms with van der Waals surface area (Å²) in [5.41, 5.74) is 5.59. The molecule has 0 heterocycles. The van der Waals surface area contributed by atoms with Gasteiger partial charge in [0.15, 0.2) is 0 Å². The highest BCUT2D eigenvalue weighted by atomic mass is 35.5. The number of sulfonamides is 1. The fraction of sp³-hybridized carbons (Fsp3) is 0.455. The van der Waals surface area contributed by atoms with E-state index in [-0.39, 0.29) is 45.0 Å². The van der Waals surface area contributed by atoms with Crippen molar-refractivity contribution >= 4 is 57.2 Å². The Balaban J connectivity index is 0.00000200. The number of rotatable bonds is 5. The molecule has 1 aliphatic carbocycles. The van der Waals surface area contributed by atoms with Gasteiger partial charge in [-0.25, -0.2) is 13.1 Å². The summed E-state index contributed by atoms with van der Waals surface area (Å²) in [6.07, 6.45) is 1.96. The van der Waals surface area contributed by atoms with E-state index in [1.54, 1.807) is 0 Å². The molecule has 2 rings (SSSR count). The molecule has 4 nitrogen and oxygen atoms in total. The van der Waals surface area contributed by atoms with Crippen LogP contribution in [0, 0.1) is 5.92 Å². The van der Waals surface area contributed by atoms with Gasteiger partial charge in [0.25, 0.3) is 0 Å². The maximum absolute atomic E-state index is 12.3. The van der Waals surface area contributed by atoms with E-state index in [0.717, 1.165) is 12.8 Å². The van der Waals surface area contributed by atoms with E-state index >= 15 is 0 Å². The summed E-state index contributed by atoms with van der Waals surface area (Å²) in [6, 6.07) is 2.41. The Morgan fingerprint density at radius 3 is 2.15 bits per heavy atom. The summed E-state index contributed by atoms with van der Waals surface area (Å²) in [5.74, 6) is 0.296. The van der Waals surface area contributed by atoms with Crippen LogP contribution < -0.4 is 10.5 Å². The van der Waals surface area contributed by atoms with E-state index in [0.29, 0.717) is 5.92 Å². The predicted octanol–water partition coefficient (Wildman–Crippen LogP) is 3.08. The second-order valence-corrected chi connectivity index (χ2v) is 7.40. The van der Waals surface area contributed by atoms with Gasteiger partial charge >= 0.3 is 0 Å². The van der Waals surface area contributed by atoms with Gasteiger partial charge in [-0.15, -0.1) is 12.4 Å². The molecular formula is C11H14Cl4N2O2S. The van der Waals surface area contributed by atoms with Crippen LogP contribution in [0.1, 0.15) is 12.8 Å². The standard InChI is InChI=1S/C11H13Cl3N2O2S.ClH/c12-7-3-8(13)11(9(14)4-7)19(17,18)16-10(5-15)6-1-2-6;/h3-4,6,10,16H,1-2,5,15H2;1H. The maximum atomic E-state index is 12.3. The van der Waals surface area contributed by atoms with Crippen molar-refractivity contribution in [3.8, 4) is 0 Å². The molecule has 1 aliphatic rings. The molecule has 0 spiro atoms. The molecule has 0 aliphatic heterocycles. The van der Waals surface area contributed by atoms with Gasteiger partial charge in [0, 0.05) is 17.6 Å². The Labute approximate surface area is 139 Å². The van der Waals surface area contributed by atoms with Crippen LogP contribution in [0.4, 0.5) is 0 Å². The Morgan fingerprint density at radius 2 is 1.75 bits per heavy atom.